The maximum Gasteiger partial charge on any atom is 0.165 e. The molecule has 0 aliphatic rings. The van der Waals surface area contributed by atoms with Crippen LogP contribution in [0, 0.1) is 5.82 Å². The second-order valence-corrected chi connectivity index (χ2v) is 4.96. The van der Waals surface area contributed by atoms with E-state index in [2.05, 4.69) is 19.1 Å². The van der Waals surface area contributed by atoms with E-state index >= 15 is 0 Å². The first-order valence-corrected chi connectivity index (χ1v) is 7.27. The molecule has 0 heterocycles. The van der Waals surface area contributed by atoms with Crippen molar-refractivity contribution in [1.82, 2.24) is 0 Å². The largest absolute Gasteiger partial charge is 0.494 e. The first kappa shape index (κ1) is 15.4. The summed E-state index contributed by atoms with van der Waals surface area (Å²) < 4.78 is 24.1. The lowest BCUT2D eigenvalue weighted by molar-refractivity contribution is 0.321. The van der Waals surface area contributed by atoms with E-state index in [1.54, 1.807) is 6.07 Å². The van der Waals surface area contributed by atoms with E-state index in [-0.39, 0.29) is 11.6 Å². The Bertz CT molecular complexity index is 564. The Morgan fingerprint density at radius 3 is 2.29 bits per heavy atom. The van der Waals surface area contributed by atoms with Gasteiger partial charge in [-0.1, -0.05) is 31.5 Å². The smallest absolute Gasteiger partial charge is 0.165 e. The Morgan fingerprint density at radius 1 is 0.952 bits per heavy atom. The zero-order valence-electron chi connectivity index (χ0n) is 12.6. The molecule has 3 heteroatoms. The summed E-state index contributed by atoms with van der Waals surface area (Å²) in [6.45, 7) is 2.69. The van der Waals surface area contributed by atoms with Crippen LogP contribution in [0.25, 0.3) is 0 Å². The lowest BCUT2D eigenvalue weighted by Crippen LogP contribution is -2.02. The first-order chi connectivity index (χ1) is 10.2. The highest BCUT2D eigenvalue weighted by atomic mass is 19.1. The number of rotatable bonds is 7. The fraction of sp³-hybridized carbons (Fsp3) is 0.333. The Hall–Kier alpha value is -2.03. The van der Waals surface area contributed by atoms with Crippen molar-refractivity contribution in [2.24, 2.45) is 0 Å². The lowest BCUT2D eigenvalue weighted by atomic mass is 10.1. The summed E-state index contributed by atoms with van der Waals surface area (Å²) in [5.41, 5.74) is 2.22. The topological polar surface area (TPSA) is 18.5 Å². The van der Waals surface area contributed by atoms with Crippen LogP contribution in [0.2, 0.25) is 0 Å². The van der Waals surface area contributed by atoms with Crippen molar-refractivity contribution in [3.63, 3.8) is 0 Å². The number of ether oxygens (including phenoxy) is 2. The van der Waals surface area contributed by atoms with Crippen LogP contribution in [0.3, 0.4) is 0 Å². The van der Waals surface area contributed by atoms with Gasteiger partial charge in [-0.2, -0.15) is 0 Å². The fourth-order valence-electron chi connectivity index (χ4n) is 2.19. The van der Waals surface area contributed by atoms with Gasteiger partial charge in [0.25, 0.3) is 0 Å². The molecule has 0 aliphatic carbocycles. The Labute approximate surface area is 125 Å². The molecule has 0 saturated heterocycles. The normalized spacial score (nSPS) is 10.4. The minimum atomic E-state index is -0.334. The van der Waals surface area contributed by atoms with E-state index in [1.165, 1.54) is 18.7 Å². The Balaban J connectivity index is 1.85. The standard InChI is InChI=1S/C18H21FO2/c1-3-4-14-5-8-16(9-6-14)21-12-11-15-7-10-18(20-2)17(19)13-15/h5-10,13H,3-4,11-12H2,1-2H3. The van der Waals surface area contributed by atoms with E-state index in [1.807, 2.05) is 18.2 Å². The molecule has 112 valence electrons. The van der Waals surface area contributed by atoms with Crippen molar-refractivity contribution in [2.45, 2.75) is 26.2 Å². The first-order valence-electron chi connectivity index (χ1n) is 7.27. The zero-order valence-corrected chi connectivity index (χ0v) is 12.6. The molecule has 2 nitrogen and oxygen atoms in total. The third kappa shape index (κ3) is 4.48. The molecule has 0 radical (unpaired) electrons. The average Bonchev–Trinajstić information content (AvgIpc) is 2.49. The van der Waals surface area contributed by atoms with Crippen LogP contribution in [0.15, 0.2) is 42.5 Å². The average molecular weight is 288 g/mol. The Kier molecular flexibility index (Phi) is 5.61. The van der Waals surface area contributed by atoms with Gasteiger partial charge >= 0.3 is 0 Å². The highest BCUT2D eigenvalue weighted by molar-refractivity contribution is 5.30. The van der Waals surface area contributed by atoms with Gasteiger partial charge < -0.3 is 9.47 Å². The molecule has 2 aromatic carbocycles. The lowest BCUT2D eigenvalue weighted by Gasteiger charge is -2.08. The number of aryl methyl sites for hydroxylation is 1. The van der Waals surface area contributed by atoms with Crippen molar-refractivity contribution < 1.29 is 13.9 Å². The predicted molar refractivity (Wildman–Crippen MR) is 82.6 cm³/mol. The van der Waals surface area contributed by atoms with Crippen molar-refractivity contribution in [3.8, 4) is 11.5 Å². The summed E-state index contributed by atoms with van der Waals surface area (Å²) >= 11 is 0. The van der Waals surface area contributed by atoms with Gasteiger partial charge in [-0.3, -0.25) is 0 Å². The number of benzene rings is 2. The number of methoxy groups -OCH3 is 1. The molecule has 0 unspecified atom stereocenters. The van der Waals surface area contributed by atoms with Crippen molar-refractivity contribution in [2.75, 3.05) is 13.7 Å². The van der Waals surface area contributed by atoms with Crippen LogP contribution in [0.5, 0.6) is 11.5 Å². The minimum Gasteiger partial charge on any atom is -0.494 e. The van der Waals surface area contributed by atoms with Crippen molar-refractivity contribution >= 4 is 0 Å². The summed E-state index contributed by atoms with van der Waals surface area (Å²) in [5, 5.41) is 0. The van der Waals surface area contributed by atoms with Gasteiger partial charge in [-0.15, -0.1) is 0 Å². The number of hydrogen-bond acceptors (Lipinski definition) is 2. The summed E-state index contributed by atoms with van der Waals surface area (Å²) in [6, 6.07) is 13.1. The van der Waals surface area contributed by atoms with Gasteiger partial charge in [0.1, 0.15) is 5.75 Å². The maximum absolute atomic E-state index is 13.6. The molecule has 2 aromatic rings. The molecular formula is C18H21FO2. The van der Waals surface area contributed by atoms with Crippen LogP contribution in [-0.2, 0) is 12.8 Å². The summed E-state index contributed by atoms with van der Waals surface area (Å²) in [6.07, 6.45) is 2.90. The van der Waals surface area contributed by atoms with E-state index in [0.29, 0.717) is 13.0 Å². The Morgan fingerprint density at radius 2 is 1.67 bits per heavy atom. The molecule has 0 bridgehead atoms. The number of hydrogen-bond donors (Lipinski definition) is 0. The van der Waals surface area contributed by atoms with Crippen LogP contribution in [-0.4, -0.2) is 13.7 Å². The highest BCUT2D eigenvalue weighted by Gasteiger charge is 2.03. The summed E-state index contributed by atoms with van der Waals surface area (Å²) in [4.78, 5) is 0. The van der Waals surface area contributed by atoms with Crippen LogP contribution < -0.4 is 9.47 Å². The third-order valence-corrected chi connectivity index (χ3v) is 3.34. The molecule has 0 spiro atoms. The van der Waals surface area contributed by atoms with Gasteiger partial charge in [0, 0.05) is 6.42 Å². The quantitative estimate of drug-likeness (QED) is 0.751. The molecule has 0 atom stereocenters. The second kappa shape index (κ2) is 7.67. The predicted octanol–water partition coefficient (Wildman–Crippen LogP) is 4.41. The van der Waals surface area contributed by atoms with Crippen molar-refractivity contribution in [3.05, 3.63) is 59.4 Å². The van der Waals surface area contributed by atoms with Gasteiger partial charge in [0.05, 0.1) is 13.7 Å². The van der Waals surface area contributed by atoms with E-state index < -0.39 is 0 Å². The van der Waals surface area contributed by atoms with E-state index in [0.717, 1.165) is 24.2 Å². The molecule has 0 aliphatic heterocycles. The zero-order chi connectivity index (χ0) is 15.1. The maximum atomic E-state index is 13.6. The molecule has 0 aromatic heterocycles. The van der Waals surface area contributed by atoms with Crippen LogP contribution >= 0.6 is 0 Å². The summed E-state index contributed by atoms with van der Waals surface area (Å²) in [7, 11) is 1.46. The molecule has 2 rings (SSSR count). The molecule has 0 saturated carbocycles. The fourth-order valence-corrected chi connectivity index (χ4v) is 2.19. The third-order valence-electron chi connectivity index (χ3n) is 3.34. The molecule has 0 fully saturated rings. The molecule has 21 heavy (non-hydrogen) atoms. The number of halogens is 1. The monoisotopic (exact) mass is 288 g/mol. The molecule has 0 N–H and O–H groups in total. The van der Waals surface area contributed by atoms with E-state index in [4.69, 9.17) is 9.47 Å². The van der Waals surface area contributed by atoms with Crippen LogP contribution in [0.4, 0.5) is 4.39 Å². The second-order valence-electron chi connectivity index (χ2n) is 4.96. The van der Waals surface area contributed by atoms with Gasteiger partial charge in [-0.25, -0.2) is 4.39 Å². The van der Waals surface area contributed by atoms with Gasteiger partial charge in [-0.05, 0) is 41.8 Å². The van der Waals surface area contributed by atoms with Gasteiger partial charge in [0.2, 0.25) is 0 Å². The van der Waals surface area contributed by atoms with Crippen LogP contribution in [0.1, 0.15) is 24.5 Å². The van der Waals surface area contributed by atoms with Gasteiger partial charge in [0.15, 0.2) is 11.6 Å². The van der Waals surface area contributed by atoms with Crippen molar-refractivity contribution in [1.29, 1.82) is 0 Å². The minimum absolute atomic E-state index is 0.270. The SMILES string of the molecule is CCCc1ccc(OCCc2ccc(OC)c(F)c2)cc1. The summed E-state index contributed by atoms with van der Waals surface area (Å²) in [5.74, 6) is 0.786. The molecule has 0 amide bonds. The van der Waals surface area contributed by atoms with E-state index in [9.17, 15) is 4.39 Å². The molecular weight excluding hydrogens is 267 g/mol. The highest BCUT2D eigenvalue weighted by Crippen LogP contribution is 2.18.